The van der Waals surface area contributed by atoms with Gasteiger partial charge in [0.05, 0.1) is 25.5 Å². The van der Waals surface area contributed by atoms with Gasteiger partial charge in [-0.2, -0.15) is 0 Å². The molecule has 0 fully saturated rings. The van der Waals surface area contributed by atoms with E-state index in [1.807, 2.05) is 18.2 Å². The molecule has 3 rings (SSSR count). The molecular weight excluding hydrogens is 266 g/mol. The maximum atomic E-state index is 5.78. The Labute approximate surface area is 125 Å². The zero-order valence-electron chi connectivity index (χ0n) is 12.3. The molecule has 1 aliphatic rings. The highest BCUT2D eigenvalue weighted by atomic mass is 16.5. The van der Waals surface area contributed by atoms with Gasteiger partial charge in [-0.15, -0.1) is 0 Å². The lowest BCUT2D eigenvalue weighted by Gasteiger charge is -2.18. The topological polar surface area (TPSA) is 43.6 Å². The summed E-state index contributed by atoms with van der Waals surface area (Å²) in [6.45, 7) is 4.49. The van der Waals surface area contributed by atoms with E-state index >= 15 is 0 Å². The highest BCUT2D eigenvalue weighted by Gasteiger charge is 2.19. The lowest BCUT2D eigenvalue weighted by molar-refractivity contribution is 0.297. The van der Waals surface area contributed by atoms with Crippen molar-refractivity contribution in [2.45, 2.75) is 25.8 Å². The van der Waals surface area contributed by atoms with Gasteiger partial charge < -0.3 is 19.2 Å². The molecule has 0 saturated carbocycles. The van der Waals surface area contributed by atoms with Gasteiger partial charge in [0.1, 0.15) is 5.76 Å². The summed E-state index contributed by atoms with van der Waals surface area (Å²) < 4.78 is 17.0. The predicted octanol–water partition coefficient (Wildman–Crippen LogP) is 3.53. The molecule has 1 aromatic heterocycles. The average molecular weight is 287 g/mol. The van der Waals surface area contributed by atoms with Crippen LogP contribution in [0.3, 0.4) is 0 Å². The smallest absolute Gasteiger partial charge is 0.161 e. The Morgan fingerprint density at radius 2 is 2.00 bits per heavy atom. The fraction of sp³-hybridized carbons (Fsp3) is 0.412. The molecular formula is C17H21NO3. The second-order valence-corrected chi connectivity index (χ2v) is 5.16. The fourth-order valence-corrected chi connectivity index (χ4v) is 2.49. The lowest BCUT2D eigenvalue weighted by atomic mass is 10.0. The molecule has 4 nitrogen and oxygen atoms in total. The van der Waals surface area contributed by atoms with Crippen LogP contribution in [0, 0.1) is 0 Å². The molecule has 1 unspecified atom stereocenters. The van der Waals surface area contributed by atoms with E-state index in [2.05, 4.69) is 24.4 Å². The molecule has 112 valence electrons. The van der Waals surface area contributed by atoms with Crippen LogP contribution in [0.25, 0.3) is 0 Å². The Bertz CT molecular complexity index is 565. The standard InChI is InChI=1S/C17H21NO3/c1-2-8-18-17(15-5-3-9-20-15)13-6-7-14-16(12-13)21-11-4-10-19-14/h3,5-7,9,12,17-18H,2,4,8,10-11H2,1H3. The van der Waals surface area contributed by atoms with Crippen LogP contribution in [-0.2, 0) is 0 Å². The summed E-state index contributed by atoms with van der Waals surface area (Å²) in [4.78, 5) is 0. The van der Waals surface area contributed by atoms with Gasteiger partial charge in [-0.05, 0) is 42.8 Å². The number of ether oxygens (including phenoxy) is 2. The zero-order chi connectivity index (χ0) is 14.5. The van der Waals surface area contributed by atoms with Crippen LogP contribution in [-0.4, -0.2) is 19.8 Å². The predicted molar refractivity (Wildman–Crippen MR) is 80.9 cm³/mol. The Hall–Kier alpha value is -1.94. The molecule has 0 amide bonds. The van der Waals surface area contributed by atoms with E-state index < -0.39 is 0 Å². The maximum Gasteiger partial charge on any atom is 0.161 e. The third-order valence-electron chi connectivity index (χ3n) is 3.53. The summed E-state index contributed by atoms with van der Waals surface area (Å²) in [5, 5.41) is 3.52. The van der Waals surface area contributed by atoms with E-state index in [1.165, 1.54) is 0 Å². The van der Waals surface area contributed by atoms with Crippen LogP contribution in [0.2, 0.25) is 0 Å². The van der Waals surface area contributed by atoms with E-state index in [4.69, 9.17) is 13.9 Å². The molecule has 1 aliphatic heterocycles. The van der Waals surface area contributed by atoms with Crippen LogP contribution >= 0.6 is 0 Å². The van der Waals surface area contributed by atoms with Gasteiger partial charge in [-0.1, -0.05) is 13.0 Å². The fourth-order valence-electron chi connectivity index (χ4n) is 2.49. The molecule has 21 heavy (non-hydrogen) atoms. The van der Waals surface area contributed by atoms with Gasteiger partial charge in [0.2, 0.25) is 0 Å². The maximum absolute atomic E-state index is 5.78. The first-order valence-corrected chi connectivity index (χ1v) is 7.55. The molecule has 0 spiro atoms. The van der Waals surface area contributed by atoms with Crippen molar-refractivity contribution in [3.05, 3.63) is 47.9 Å². The van der Waals surface area contributed by atoms with Gasteiger partial charge in [-0.3, -0.25) is 0 Å². The highest BCUT2D eigenvalue weighted by Crippen LogP contribution is 2.34. The van der Waals surface area contributed by atoms with Crippen molar-refractivity contribution in [3.63, 3.8) is 0 Å². The molecule has 0 bridgehead atoms. The number of fused-ring (bicyclic) bond motifs is 1. The molecule has 2 aromatic rings. The van der Waals surface area contributed by atoms with Crippen LogP contribution in [0.5, 0.6) is 11.5 Å². The first-order chi connectivity index (χ1) is 10.4. The SMILES string of the molecule is CCCNC(c1ccc2c(c1)OCCCO2)c1ccco1. The number of hydrogen-bond acceptors (Lipinski definition) is 4. The summed E-state index contributed by atoms with van der Waals surface area (Å²) in [6.07, 6.45) is 3.69. The first kappa shape index (κ1) is 14.0. The van der Waals surface area contributed by atoms with Crippen LogP contribution < -0.4 is 14.8 Å². The van der Waals surface area contributed by atoms with Crippen LogP contribution in [0.4, 0.5) is 0 Å². The number of rotatable bonds is 5. The number of nitrogens with one attached hydrogen (secondary N) is 1. The van der Waals surface area contributed by atoms with Crippen LogP contribution in [0.15, 0.2) is 41.0 Å². The number of hydrogen-bond donors (Lipinski definition) is 1. The van der Waals surface area contributed by atoms with Crippen molar-refractivity contribution in [2.75, 3.05) is 19.8 Å². The Morgan fingerprint density at radius 1 is 1.14 bits per heavy atom. The lowest BCUT2D eigenvalue weighted by Crippen LogP contribution is -2.22. The van der Waals surface area contributed by atoms with E-state index in [1.54, 1.807) is 6.26 Å². The summed E-state index contributed by atoms with van der Waals surface area (Å²) in [5.74, 6) is 2.56. The Balaban J connectivity index is 1.90. The van der Waals surface area contributed by atoms with Gasteiger partial charge in [0.25, 0.3) is 0 Å². The minimum absolute atomic E-state index is 0.0390. The quantitative estimate of drug-likeness (QED) is 0.913. The van der Waals surface area contributed by atoms with E-state index in [-0.39, 0.29) is 6.04 Å². The van der Waals surface area contributed by atoms with Crippen molar-refractivity contribution in [1.82, 2.24) is 5.32 Å². The number of furan rings is 1. The normalized spacial score (nSPS) is 15.5. The Morgan fingerprint density at radius 3 is 2.76 bits per heavy atom. The second-order valence-electron chi connectivity index (χ2n) is 5.16. The largest absolute Gasteiger partial charge is 0.490 e. The summed E-state index contributed by atoms with van der Waals surface area (Å²) in [7, 11) is 0. The number of benzene rings is 1. The van der Waals surface area contributed by atoms with Gasteiger partial charge in [-0.25, -0.2) is 0 Å². The first-order valence-electron chi connectivity index (χ1n) is 7.55. The molecule has 0 aliphatic carbocycles. The van der Waals surface area contributed by atoms with E-state index in [9.17, 15) is 0 Å². The van der Waals surface area contributed by atoms with Crippen molar-refractivity contribution in [2.24, 2.45) is 0 Å². The van der Waals surface area contributed by atoms with Crippen molar-refractivity contribution in [3.8, 4) is 11.5 Å². The molecule has 4 heteroatoms. The minimum Gasteiger partial charge on any atom is -0.490 e. The summed E-state index contributed by atoms with van der Waals surface area (Å²) >= 11 is 0. The zero-order valence-corrected chi connectivity index (χ0v) is 12.3. The van der Waals surface area contributed by atoms with Gasteiger partial charge >= 0.3 is 0 Å². The third-order valence-corrected chi connectivity index (χ3v) is 3.53. The van der Waals surface area contributed by atoms with E-state index in [0.29, 0.717) is 13.2 Å². The minimum atomic E-state index is 0.0390. The molecule has 1 N–H and O–H groups in total. The van der Waals surface area contributed by atoms with Crippen molar-refractivity contribution >= 4 is 0 Å². The van der Waals surface area contributed by atoms with Gasteiger partial charge in [0, 0.05) is 6.42 Å². The summed E-state index contributed by atoms with van der Waals surface area (Å²) in [5.41, 5.74) is 1.13. The van der Waals surface area contributed by atoms with Crippen molar-refractivity contribution < 1.29 is 13.9 Å². The Kier molecular flexibility index (Phi) is 4.46. The molecule has 0 saturated heterocycles. The molecule has 0 radical (unpaired) electrons. The molecule has 1 atom stereocenters. The molecule has 2 heterocycles. The van der Waals surface area contributed by atoms with Gasteiger partial charge in [0.15, 0.2) is 11.5 Å². The summed E-state index contributed by atoms with van der Waals surface area (Å²) in [6, 6.07) is 10.1. The van der Waals surface area contributed by atoms with Crippen LogP contribution in [0.1, 0.15) is 37.1 Å². The highest BCUT2D eigenvalue weighted by molar-refractivity contribution is 5.45. The van der Waals surface area contributed by atoms with E-state index in [0.717, 1.165) is 42.2 Å². The average Bonchev–Trinajstić information content (AvgIpc) is 2.93. The van der Waals surface area contributed by atoms with Crippen molar-refractivity contribution in [1.29, 1.82) is 0 Å². The molecule has 1 aromatic carbocycles. The monoisotopic (exact) mass is 287 g/mol. The second kappa shape index (κ2) is 6.68. The third kappa shape index (κ3) is 3.22.